The van der Waals surface area contributed by atoms with E-state index in [9.17, 15) is 4.79 Å². The number of carbonyl (C=O) groups is 1. The lowest BCUT2D eigenvalue weighted by molar-refractivity contribution is -0.122. The third-order valence-corrected chi connectivity index (χ3v) is 3.96. The molecular weight excluding hydrogens is 222 g/mol. The van der Waals surface area contributed by atoms with Gasteiger partial charge in [0.2, 0.25) is 0 Å². The van der Waals surface area contributed by atoms with Gasteiger partial charge in [-0.05, 0) is 29.5 Å². The Morgan fingerprint density at radius 2 is 1.94 bits per heavy atom. The first-order chi connectivity index (χ1) is 8.58. The highest BCUT2D eigenvalue weighted by Crippen LogP contribution is 2.20. The van der Waals surface area contributed by atoms with Crippen LogP contribution in [0.1, 0.15) is 37.8 Å². The van der Waals surface area contributed by atoms with Gasteiger partial charge in [0.05, 0.1) is 0 Å². The normalized spacial score (nSPS) is 23.6. The van der Waals surface area contributed by atoms with Crippen molar-refractivity contribution in [2.75, 3.05) is 13.1 Å². The second-order valence-corrected chi connectivity index (χ2v) is 5.78. The Labute approximate surface area is 110 Å². The summed E-state index contributed by atoms with van der Waals surface area (Å²) in [6, 6.07) is 8.48. The zero-order valence-corrected chi connectivity index (χ0v) is 11.6. The lowest BCUT2D eigenvalue weighted by Crippen LogP contribution is -2.23. The molecule has 2 unspecified atom stereocenters. The van der Waals surface area contributed by atoms with Crippen molar-refractivity contribution in [3.63, 3.8) is 0 Å². The van der Waals surface area contributed by atoms with Gasteiger partial charge in [-0.25, -0.2) is 0 Å². The number of ketones is 1. The van der Waals surface area contributed by atoms with Gasteiger partial charge in [0.15, 0.2) is 0 Å². The molecule has 2 heteroatoms. The van der Waals surface area contributed by atoms with E-state index < -0.39 is 0 Å². The topological polar surface area (TPSA) is 29.1 Å². The van der Waals surface area contributed by atoms with Crippen molar-refractivity contribution in [1.29, 1.82) is 0 Å². The van der Waals surface area contributed by atoms with Crippen LogP contribution in [0.5, 0.6) is 0 Å². The number of carbonyl (C=O) groups excluding carboxylic acids is 1. The Morgan fingerprint density at radius 1 is 1.28 bits per heavy atom. The Morgan fingerprint density at radius 3 is 2.44 bits per heavy atom. The Kier molecular flexibility index (Phi) is 4.18. The monoisotopic (exact) mass is 245 g/mol. The largest absolute Gasteiger partial charge is 0.316 e. The highest BCUT2D eigenvalue weighted by Gasteiger charge is 2.28. The molecule has 2 rings (SSSR count). The van der Waals surface area contributed by atoms with Gasteiger partial charge in [-0.2, -0.15) is 0 Å². The summed E-state index contributed by atoms with van der Waals surface area (Å²) < 4.78 is 0. The van der Waals surface area contributed by atoms with Crippen LogP contribution >= 0.6 is 0 Å². The molecule has 0 radical (unpaired) electrons. The molecule has 1 aliphatic rings. The first kappa shape index (κ1) is 13.3. The smallest absolute Gasteiger partial charge is 0.141 e. The number of Topliss-reactive ketones (excluding diaryl/α,β-unsaturated/α-hetero) is 1. The first-order valence-corrected chi connectivity index (χ1v) is 6.90. The molecule has 1 aromatic carbocycles. The predicted octanol–water partition coefficient (Wildman–Crippen LogP) is 2.78. The second kappa shape index (κ2) is 5.66. The highest BCUT2D eigenvalue weighted by molar-refractivity contribution is 5.84. The van der Waals surface area contributed by atoms with Crippen LogP contribution in [0.4, 0.5) is 0 Å². The van der Waals surface area contributed by atoms with E-state index in [1.807, 2.05) is 0 Å². The van der Waals surface area contributed by atoms with Gasteiger partial charge in [-0.1, -0.05) is 45.0 Å². The van der Waals surface area contributed by atoms with E-state index in [-0.39, 0.29) is 5.92 Å². The number of rotatable bonds is 4. The maximum Gasteiger partial charge on any atom is 0.141 e. The fraction of sp³-hybridized carbons (Fsp3) is 0.562. The minimum absolute atomic E-state index is 0.203. The summed E-state index contributed by atoms with van der Waals surface area (Å²) in [4.78, 5) is 12.2. The van der Waals surface area contributed by atoms with Crippen LogP contribution in [0.2, 0.25) is 0 Å². The average molecular weight is 245 g/mol. The number of hydrogen-bond donors (Lipinski definition) is 1. The first-order valence-electron chi connectivity index (χ1n) is 6.90. The van der Waals surface area contributed by atoms with Crippen LogP contribution in [0.15, 0.2) is 24.3 Å². The van der Waals surface area contributed by atoms with Crippen LogP contribution < -0.4 is 5.32 Å². The molecule has 1 N–H and O–H groups in total. The van der Waals surface area contributed by atoms with E-state index in [2.05, 4.69) is 50.4 Å². The molecule has 0 bridgehead atoms. The van der Waals surface area contributed by atoms with E-state index in [1.54, 1.807) is 0 Å². The summed E-state index contributed by atoms with van der Waals surface area (Å²) in [7, 11) is 0. The van der Waals surface area contributed by atoms with Gasteiger partial charge in [-0.15, -0.1) is 0 Å². The Balaban J connectivity index is 1.98. The number of hydrogen-bond acceptors (Lipinski definition) is 2. The van der Waals surface area contributed by atoms with Gasteiger partial charge < -0.3 is 5.32 Å². The summed E-state index contributed by atoms with van der Waals surface area (Å²) in [6.45, 7) is 8.36. The molecule has 1 aromatic rings. The highest BCUT2D eigenvalue weighted by atomic mass is 16.1. The van der Waals surface area contributed by atoms with Crippen LogP contribution in [-0.4, -0.2) is 18.9 Å². The van der Waals surface area contributed by atoms with Crippen molar-refractivity contribution in [1.82, 2.24) is 5.32 Å². The zero-order valence-electron chi connectivity index (χ0n) is 11.6. The number of nitrogens with one attached hydrogen (secondary N) is 1. The second-order valence-electron chi connectivity index (χ2n) is 5.78. The fourth-order valence-corrected chi connectivity index (χ4v) is 2.59. The third kappa shape index (κ3) is 2.99. The van der Waals surface area contributed by atoms with Gasteiger partial charge >= 0.3 is 0 Å². The number of benzene rings is 1. The zero-order chi connectivity index (χ0) is 13.1. The summed E-state index contributed by atoms with van der Waals surface area (Å²) >= 11 is 0. The standard InChI is InChI=1S/C16H23NO/c1-11(2)14-6-4-13(5-7-14)8-16(18)15-10-17-9-12(15)3/h4-7,11-12,15,17H,8-10H2,1-3H3. The quantitative estimate of drug-likeness (QED) is 0.883. The van der Waals surface area contributed by atoms with Crippen LogP contribution in [0, 0.1) is 11.8 Å². The molecule has 0 aliphatic carbocycles. The molecule has 1 saturated heterocycles. The van der Waals surface area contributed by atoms with Crippen LogP contribution in [0.3, 0.4) is 0 Å². The molecule has 0 amide bonds. The van der Waals surface area contributed by atoms with E-state index in [1.165, 1.54) is 5.56 Å². The molecule has 2 atom stereocenters. The molecular formula is C16H23NO. The molecule has 0 saturated carbocycles. The van der Waals surface area contributed by atoms with E-state index in [0.717, 1.165) is 18.7 Å². The third-order valence-electron chi connectivity index (χ3n) is 3.96. The van der Waals surface area contributed by atoms with Gasteiger partial charge in [0, 0.05) is 18.9 Å². The molecule has 0 aromatic heterocycles. The Hall–Kier alpha value is -1.15. The molecule has 2 nitrogen and oxygen atoms in total. The average Bonchev–Trinajstić information content (AvgIpc) is 2.76. The molecule has 18 heavy (non-hydrogen) atoms. The summed E-state index contributed by atoms with van der Waals surface area (Å²) in [5, 5.41) is 3.29. The predicted molar refractivity (Wildman–Crippen MR) is 74.8 cm³/mol. The van der Waals surface area contributed by atoms with Gasteiger partial charge in [0.25, 0.3) is 0 Å². The minimum Gasteiger partial charge on any atom is -0.316 e. The Bertz CT molecular complexity index is 408. The van der Waals surface area contributed by atoms with Crippen molar-refractivity contribution in [3.8, 4) is 0 Å². The maximum atomic E-state index is 12.2. The van der Waals surface area contributed by atoms with Gasteiger partial charge in [0.1, 0.15) is 5.78 Å². The lowest BCUT2D eigenvalue weighted by Gasteiger charge is -2.13. The van der Waals surface area contributed by atoms with Crippen molar-refractivity contribution in [2.45, 2.75) is 33.1 Å². The van der Waals surface area contributed by atoms with Gasteiger partial charge in [-0.3, -0.25) is 4.79 Å². The SMILES string of the molecule is CC(C)c1ccc(CC(=O)C2CNCC2C)cc1. The summed E-state index contributed by atoms with van der Waals surface area (Å²) in [6.07, 6.45) is 0.578. The lowest BCUT2D eigenvalue weighted by atomic mass is 9.90. The summed E-state index contributed by atoms with van der Waals surface area (Å²) in [5.41, 5.74) is 2.48. The summed E-state index contributed by atoms with van der Waals surface area (Å²) in [5.74, 6) is 1.61. The molecule has 0 spiro atoms. The van der Waals surface area contributed by atoms with Crippen molar-refractivity contribution in [2.24, 2.45) is 11.8 Å². The molecule has 1 heterocycles. The molecule has 1 fully saturated rings. The maximum absolute atomic E-state index is 12.2. The van der Waals surface area contributed by atoms with Crippen molar-refractivity contribution >= 4 is 5.78 Å². The van der Waals surface area contributed by atoms with E-state index in [0.29, 0.717) is 24.0 Å². The van der Waals surface area contributed by atoms with Crippen LogP contribution in [0.25, 0.3) is 0 Å². The molecule has 1 aliphatic heterocycles. The van der Waals surface area contributed by atoms with Crippen LogP contribution in [-0.2, 0) is 11.2 Å². The minimum atomic E-state index is 0.203. The van der Waals surface area contributed by atoms with E-state index in [4.69, 9.17) is 0 Å². The molecule has 98 valence electrons. The fourth-order valence-electron chi connectivity index (χ4n) is 2.59. The van der Waals surface area contributed by atoms with E-state index >= 15 is 0 Å². The van der Waals surface area contributed by atoms with Crippen molar-refractivity contribution < 1.29 is 4.79 Å². The van der Waals surface area contributed by atoms with Crippen molar-refractivity contribution in [3.05, 3.63) is 35.4 Å².